The molecule has 2 heterocycles. The van der Waals surface area contributed by atoms with Gasteiger partial charge in [-0.25, -0.2) is 4.98 Å². The Morgan fingerprint density at radius 2 is 2.23 bits per heavy atom. The van der Waals surface area contributed by atoms with Crippen LogP contribution >= 0.6 is 34.7 Å². The van der Waals surface area contributed by atoms with Gasteiger partial charge in [-0.05, 0) is 55.9 Å². The molecule has 0 saturated carbocycles. The zero-order valence-corrected chi connectivity index (χ0v) is 19.3. The molecule has 2 aromatic heterocycles. The van der Waals surface area contributed by atoms with Gasteiger partial charge in [0.1, 0.15) is 10.6 Å². The molecule has 2 atom stereocenters. The van der Waals surface area contributed by atoms with E-state index in [1.54, 1.807) is 36.5 Å². The summed E-state index contributed by atoms with van der Waals surface area (Å²) < 4.78 is 7.00. The van der Waals surface area contributed by atoms with Crippen molar-refractivity contribution in [3.63, 3.8) is 0 Å². The first-order chi connectivity index (χ1) is 14.3. The number of halogens is 1. The molecule has 6 nitrogen and oxygen atoms in total. The highest BCUT2D eigenvalue weighted by Gasteiger charge is 2.27. The molecule has 3 aromatic rings. The van der Waals surface area contributed by atoms with Gasteiger partial charge in [0.25, 0.3) is 5.56 Å². The van der Waals surface area contributed by atoms with Crippen LogP contribution in [0, 0.1) is 5.92 Å². The molecule has 1 amide bonds. The highest BCUT2D eigenvalue weighted by molar-refractivity contribution is 8.00. The van der Waals surface area contributed by atoms with E-state index in [1.807, 2.05) is 0 Å². The molecule has 1 aromatic carbocycles. The van der Waals surface area contributed by atoms with Crippen molar-refractivity contribution in [2.75, 3.05) is 7.11 Å². The predicted octanol–water partition coefficient (Wildman–Crippen LogP) is 4.20. The smallest absolute Gasteiger partial charge is 0.267 e. The number of aryl methyl sites for hydroxylation is 1. The monoisotopic (exact) mass is 463 g/mol. The number of thioether (sulfide) groups is 1. The van der Waals surface area contributed by atoms with Gasteiger partial charge in [0.05, 0.1) is 23.4 Å². The fourth-order valence-corrected chi connectivity index (χ4v) is 6.18. The molecule has 2 unspecified atom stereocenters. The molecule has 0 saturated heterocycles. The van der Waals surface area contributed by atoms with Crippen LogP contribution in [0.5, 0.6) is 5.75 Å². The van der Waals surface area contributed by atoms with Crippen LogP contribution < -0.4 is 16.0 Å². The molecular formula is C21H22ClN3O3S2. The number of carbonyl (C=O) groups is 1. The predicted molar refractivity (Wildman–Crippen MR) is 122 cm³/mol. The van der Waals surface area contributed by atoms with Gasteiger partial charge in [-0.1, -0.05) is 30.3 Å². The number of aromatic nitrogens is 2. The topological polar surface area (TPSA) is 87.2 Å². The maximum absolute atomic E-state index is 13.8. The zero-order valence-electron chi connectivity index (χ0n) is 16.9. The van der Waals surface area contributed by atoms with Crippen LogP contribution in [-0.4, -0.2) is 27.8 Å². The Morgan fingerprint density at radius 3 is 2.93 bits per heavy atom. The molecule has 0 spiro atoms. The lowest BCUT2D eigenvalue weighted by atomic mass is 9.89. The van der Waals surface area contributed by atoms with Crippen molar-refractivity contribution in [2.24, 2.45) is 11.7 Å². The fraction of sp³-hybridized carbons (Fsp3) is 0.381. The van der Waals surface area contributed by atoms with E-state index < -0.39 is 11.2 Å². The average Bonchev–Trinajstić information content (AvgIpc) is 3.05. The number of ether oxygens (including phenoxy) is 1. The number of amides is 1. The van der Waals surface area contributed by atoms with Crippen molar-refractivity contribution >= 4 is 50.8 Å². The molecule has 158 valence electrons. The summed E-state index contributed by atoms with van der Waals surface area (Å²) in [4.78, 5) is 32.2. The minimum Gasteiger partial charge on any atom is -0.495 e. The van der Waals surface area contributed by atoms with E-state index in [9.17, 15) is 9.59 Å². The number of primary amides is 1. The highest BCUT2D eigenvalue weighted by Crippen LogP contribution is 2.38. The van der Waals surface area contributed by atoms with Crippen LogP contribution in [0.25, 0.3) is 15.9 Å². The molecule has 4 rings (SSSR count). The van der Waals surface area contributed by atoms with Crippen molar-refractivity contribution in [2.45, 2.75) is 43.5 Å². The second-order valence-electron chi connectivity index (χ2n) is 7.55. The van der Waals surface area contributed by atoms with E-state index >= 15 is 0 Å². The van der Waals surface area contributed by atoms with Gasteiger partial charge < -0.3 is 10.5 Å². The van der Waals surface area contributed by atoms with Gasteiger partial charge in [0, 0.05) is 9.90 Å². The molecule has 2 N–H and O–H groups in total. The summed E-state index contributed by atoms with van der Waals surface area (Å²) >= 11 is 8.97. The lowest BCUT2D eigenvalue weighted by Gasteiger charge is -2.18. The number of nitrogens with two attached hydrogens (primary N) is 1. The summed E-state index contributed by atoms with van der Waals surface area (Å²) in [7, 11) is 1.54. The summed E-state index contributed by atoms with van der Waals surface area (Å²) in [6.45, 7) is 3.93. The first kappa shape index (κ1) is 21.2. The van der Waals surface area contributed by atoms with Crippen LogP contribution in [0.2, 0.25) is 5.02 Å². The Hall–Kier alpha value is -2.03. The summed E-state index contributed by atoms with van der Waals surface area (Å²) in [6.07, 6.45) is 2.87. The maximum Gasteiger partial charge on any atom is 0.267 e. The van der Waals surface area contributed by atoms with Crippen LogP contribution in [0.4, 0.5) is 0 Å². The minimum atomic E-state index is -0.555. The summed E-state index contributed by atoms with van der Waals surface area (Å²) in [5.41, 5.74) is 6.90. The number of thiophene rings is 1. The second-order valence-corrected chi connectivity index (χ2v) is 10.4. The number of hydrogen-bond donors (Lipinski definition) is 1. The Bertz CT molecular complexity index is 1200. The van der Waals surface area contributed by atoms with Crippen LogP contribution in [-0.2, 0) is 17.6 Å². The molecule has 9 heteroatoms. The lowest BCUT2D eigenvalue weighted by molar-refractivity contribution is -0.117. The van der Waals surface area contributed by atoms with E-state index in [0.29, 0.717) is 37.8 Å². The SMILES string of the molecule is COc1ccc(Cl)cc1-n1c(SC(C)C(N)=O)nc2sc3c(c2c1=O)CCC(C)C3. The molecular weight excluding hydrogens is 442 g/mol. The van der Waals surface area contributed by atoms with Gasteiger partial charge >= 0.3 is 0 Å². The van der Waals surface area contributed by atoms with Gasteiger partial charge in [-0.3, -0.25) is 14.2 Å². The largest absolute Gasteiger partial charge is 0.495 e. The molecule has 1 aliphatic carbocycles. The number of methoxy groups -OCH3 is 1. The average molecular weight is 464 g/mol. The second kappa shape index (κ2) is 8.24. The van der Waals surface area contributed by atoms with Gasteiger partial charge in [0.15, 0.2) is 5.16 Å². The number of carbonyl (C=O) groups excluding carboxylic acids is 1. The van der Waals surface area contributed by atoms with Gasteiger partial charge in [-0.2, -0.15) is 0 Å². The van der Waals surface area contributed by atoms with E-state index in [-0.39, 0.29) is 5.56 Å². The van der Waals surface area contributed by atoms with E-state index in [0.717, 1.165) is 36.6 Å². The third kappa shape index (κ3) is 3.72. The molecule has 0 bridgehead atoms. The first-order valence-corrected chi connectivity index (χ1v) is 11.7. The van der Waals surface area contributed by atoms with Gasteiger partial charge in [0.2, 0.25) is 5.91 Å². The first-order valence-electron chi connectivity index (χ1n) is 9.67. The van der Waals surface area contributed by atoms with Gasteiger partial charge in [-0.15, -0.1) is 11.3 Å². The summed E-state index contributed by atoms with van der Waals surface area (Å²) in [5, 5.41) is 0.962. The molecule has 0 radical (unpaired) electrons. The minimum absolute atomic E-state index is 0.174. The van der Waals surface area contributed by atoms with Crippen molar-refractivity contribution in [3.8, 4) is 11.4 Å². The van der Waals surface area contributed by atoms with Crippen molar-refractivity contribution in [1.29, 1.82) is 0 Å². The molecule has 0 fully saturated rings. The van der Waals surface area contributed by atoms with Crippen LogP contribution in [0.1, 0.15) is 30.7 Å². The van der Waals surface area contributed by atoms with Crippen molar-refractivity contribution < 1.29 is 9.53 Å². The number of hydrogen-bond acceptors (Lipinski definition) is 6. The van der Waals surface area contributed by atoms with Crippen LogP contribution in [0.3, 0.4) is 0 Å². The highest BCUT2D eigenvalue weighted by atomic mass is 35.5. The Kier molecular flexibility index (Phi) is 5.83. The number of benzene rings is 1. The van der Waals surface area contributed by atoms with Crippen LogP contribution in [0.15, 0.2) is 28.2 Å². The van der Waals surface area contributed by atoms with E-state index in [1.165, 1.54) is 16.6 Å². The lowest BCUT2D eigenvalue weighted by Crippen LogP contribution is -2.27. The van der Waals surface area contributed by atoms with E-state index in [2.05, 4.69) is 6.92 Å². The molecule has 30 heavy (non-hydrogen) atoms. The van der Waals surface area contributed by atoms with Crippen molar-refractivity contribution in [1.82, 2.24) is 9.55 Å². The molecule has 0 aliphatic heterocycles. The van der Waals surface area contributed by atoms with E-state index in [4.69, 9.17) is 27.1 Å². The summed E-state index contributed by atoms with van der Waals surface area (Å²) in [5.74, 6) is 0.608. The number of nitrogens with zero attached hydrogens (tertiary/aromatic N) is 2. The standard InChI is InChI=1S/C21H22ClN3O3S2/c1-10-4-6-13-16(8-10)30-19-17(13)20(27)25(21(24-19)29-11(2)18(23)26)14-9-12(22)5-7-15(14)28-3/h5,7,9-11H,4,6,8H2,1-3H3,(H2,23,26). The normalized spacial score (nSPS) is 17.0. The third-order valence-corrected chi connectivity index (χ3v) is 7.82. The fourth-order valence-electron chi connectivity index (χ4n) is 3.72. The Morgan fingerprint density at radius 1 is 1.47 bits per heavy atom. The Balaban J connectivity index is 2.03. The molecule has 1 aliphatic rings. The Labute approximate surface area is 187 Å². The maximum atomic E-state index is 13.8. The number of fused-ring (bicyclic) bond motifs is 3. The summed E-state index contributed by atoms with van der Waals surface area (Å²) in [6, 6.07) is 5.09. The zero-order chi connectivity index (χ0) is 21.6. The number of rotatable bonds is 5. The third-order valence-electron chi connectivity index (χ3n) is 5.36. The van der Waals surface area contributed by atoms with Crippen molar-refractivity contribution in [3.05, 3.63) is 44.0 Å². The quantitative estimate of drug-likeness (QED) is 0.452.